The molecule has 1 saturated heterocycles. The molecule has 1 heterocycles. The maximum atomic E-state index is 12.0. The molecule has 1 saturated carbocycles. The van der Waals surface area contributed by atoms with E-state index >= 15 is 0 Å². The van der Waals surface area contributed by atoms with Gasteiger partial charge >= 0.3 is 6.09 Å². The van der Waals surface area contributed by atoms with Crippen LogP contribution in [0.5, 0.6) is 0 Å². The molecule has 27 heavy (non-hydrogen) atoms. The van der Waals surface area contributed by atoms with Crippen LogP contribution in [-0.2, 0) is 14.8 Å². The second kappa shape index (κ2) is 9.09. The minimum atomic E-state index is -3.28. The maximum absolute atomic E-state index is 12.0. The van der Waals surface area contributed by atoms with Crippen LogP contribution in [0.25, 0.3) is 0 Å². The van der Waals surface area contributed by atoms with E-state index in [1.54, 1.807) is 11.9 Å². The Balaban J connectivity index is 1.63. The van der Waals surface area contributed by atoms with Gasteiger partial charge in [0.2, 0.25) is 10.0 Å². The SMILES string of the molecule is CN=C(NCCS(=O)(=O)NCC1CCC1)NC1CN(C(=O)OC(C)(C)C)C1. The lowest BCUT2D eigenvalue weighted by molar-refractivity contribution is 0.00701. The number of carbonyl (C=O) groups excluding carboxylic acids is 1. The van der Waals surface area contributed by atoms with Crippen molar-refractivity contribution >= 4 is 22.1 Å². The third-order valence-electron chi connectivity index (χ3n) is 4.58. The van der Waals surface area contributed by atoms with Crippen LogP contribution in [0.4, 0.5) is 4.79 Å². The highest BCUT2D eigenvalue weighted by atomic mass is 32.2. The minimum absolute atomic E-state index is 0.00484. The number of aliphatic imine (C=N–C) groups is 1. The molecule has 2 rings (SSSR count). The number of amides is 1. The number of sulfonamides is 1. The molecule has 0 aromatic rings. The first-order chi connectivity index (χ1) is 12.6. The fourth-order valence-corrected chi connectivity index (χ4v) is 3.76. The zero-order valence-electron chi connectivity index (χ0n) is 16.7. The van der Waals surface area contributed by atoms with E-state index in [0.717, 1.165) is 12.8 Å². The molecule has 0 radical (unpaired) electrons. The highest BCUT2D eigenvalue weighted by molar-refractivity contribution is 7.89. The second-order valence-corrected chi connectivity index (χ2v) is 10.1. The summed E-state index contributed by atoms with van der Waals surface area (Å²) in [5.41, 5.74) is -0.509. The highest BCUT2D eigenvalue weighted by Crippen LogP contribution is 2.25. The van der Waals surface area contributed by atoms with Gasteiger partial charge in [0.25, 0.3) is 0 Å². The topological polar surface area (TPSA) is 112 Å². The average molecular weight is 404 g/mol. The Bertz CT molecular complexity index is 634. The molecule has 1 amide bonds. The first-order valence-electron chi connectivity index (χ1n) is 9.50. The van der Waals surface area contributed by atoms with Crippen LogP contribution in [0.3, 0.4) is 0 Å². The Morgan fingerprint density at radius 3 is 2.44 bits per heavy atom. The molecule has 156 valence electrons. The summed E-state index contributed by atoms with van der Waals surface area (Å²) in [6.45, 7) is 7.36. The summed E-state index contributed by atoms with van der Waals surface area (Å²) in [6.07, 6.45) is 3.09. The summed E-state index contributed by atoms with van der Waals surface area (Å²) in [4.78, 5) is 17.6. The molecule has 1 aliphatic carbocycles. The number of nitrogens with one attached hydrogen (secondary N) is 3. The first-order valence-corrected chi connectivity index (χ1v) is 11.2. The number of rotatable bonds is 7. The molecular formula is C17H33N5O4S. The van der Waals surface area contributed by atoms with Crippen molar-refractivity contribution in [1.82, 2.24) is 20.3 Å². The zero-order chi connectivity index (χ0) is 20.1. The molecule has 0 spiro atoms. The quantitative estimate of drug-likeness (QED) is 0.421. The van der Waals surface area contributed by atoms with Gasteiger partial charge in [-0.25, -0.2) is 17.9 Å². The Labute approximate surface area is 162 Å². The Hall–Kier alpha value is -1.55. The van der Waals surface area contributed by atoms with Crippen molar-refractivity contribution in [1.29, 1.82) is 0 Å². The van der Waals surface area contributed by atoms with E-state index in [1.165, 1.54) is 6.42 Å². The fourth-order valence-electron chi connectivity index (χ4n) is 2.75. The van der Waals surface area contributed by atoms with Gasteiger partial charge in [-0.15, -0.1) is 0 Å². The molecule has 2 fully saturated rings. The molecule has 0 unspecified atom stereocenters. The van der Waals surface area contributed by atoms with Gasteiger partial charge < -0.3 is 20.3 Å². The molecule has 1 aliphatic heterocycles. The van der Waals surface area contributed by atoms with Crippen molar-refractivity contribution in [2.75, 3.05) is 39.0 Å². The zero-order valence-corrected chi connectivity index (χ0v) is 17.6. The number of ether oxygens (including phenoxy) is 1. The van der Waals surface area contributed by atoms with Crippen molar-refractivity contribution in [3.8, 4) is 0 Å². The molecule has 9 nitrogen and oxygen atoms in total. The monoisotopic (exact) mass is 403 g/mol. The van der Waals surface area contributed by atoms with Crippen LogP contribution in [0.1, 0.15) is 40.0 Å². The van der Waals surface area contributed by atoms with Gasteiger partial charge in [-0.2, -0.15) is 0 Å². The number of hydrogen-bond acceptors (Lipinski definition) is 5. The molecule has 0 atom stereocenters. The molecule has 0 aromatic carbocycles. The highest BCUT2D eigenvalue weighted by Gasteiger charge is 2.34. The lowest BCUT2D eigenvalue weighted by atomic mass is 9.86. The van der Waals surface area contributed by atoms with E-state index in [9.17, 15) is 13.2 Å². The van der Waals surface area contributed by atoms with Gasteiger partial charge in [0.1, 0.15) is 5.60 Å². The number of carbonyl (C=O) groups is 1. The minimum Gasteiger partial charge on any atom is -0.444 e. The summed E-state index contributed by atoms with van der Waals surface area (Å²) in [6, 6.07) is 0.0667. The largest absolute Gasteiger partial charge is 0.444 e. The van der Waals surface area contributed by atoms with Crippen LogP contribution < -0.4 is 15.4 Å². The summed E-state index contributed by atoms with van der Waals surface area (Å²) in [5.74, 6) is 1.02. The summed E-state index contributed by atoms with van der Waals surface area (Å²) in [5, 5.41) is 6.19. The van der Waals surface area contributed by atoms with Crippen molar-refractivity contribution in [3.63, 3.8) is 0 Å². The molecule has 3 N–H and O–H groups in total. The Morgan fingerprint density at radius 1 is 1.26 bits per heavy atom. The van der Waals surface area contributed by atoms with E-state index in [1.807, 2.05) is 20.8 Å². The maximum Gasteiger partial charge on any atom is 0.410 e. The van der Waals surface area contributed by atoms with E-state index in [4.69, 9.17) is 4.74 Å². The molecule has 0 aromatic heterocycles. The van der Waals surface area contributed by atoms with Crippen molar-refractivity contribution < 1.29 is 17.9 Å². The summed E-state index contributed by atoms with van der Waals surface area (Å²) >= 11 is 0. The van der Waals surface area contributed by atoms with Gasteiger partial charge in [0.15, 0.2) is 5.96 Å². The Kier molecular flexibility index (Phi) is 7.32. The lowest BCUT2D eigenvalue weighted by Gasteiger charge is -2.40. The summed E-state index contributed by atoms with van der Waals surface area (Å²) < 4.78 is 32.0. The van der Waals surface area contributed by atoms with Crippen LogP contribution in [0, 0.1) is 5.92 Å². The fraction of sp³-hybridized carbons (Fsp3) is 0.882. The normalized spacial score (nSPS) is 19.3. The molecule has 10 heteroatoms. The predicted molar refractivity (Wildman–Crippen MR) is 105 cm³/mol. The molecule has 0 bridgehead atoms. The Morgan fingerprint density at radius 2 is 1.93 bits per heavy atom. The standard InChI is InChI=1S/C17H33N5O4S/c1-17(2,3)26-16(23)22-11-14(12-22)21-15(18-4)19-8-9-27(24,25)20-10-13-6-5-7-13/h13-14,20H,5-12H2,1-4H3,(H2,18,19,21). The number of nitrogens with zero attached hydrogens (tertiary/aromatic N) is 2. The van der Waals surface area contributed by atoms with Crippen molar-refractivity contribution in [3.05, 3.63) is 0 Å². The van der Waals surface area contributed by atoms with Crippen molar-refractivity contribution in [2.45, 2.75) is 51.7 Å². The third kappa shape index (κ3) is 7.53. The number of guanidine groups is 1. The van der Waals surface area contributed by atoms with Crippen LogP contribution >= 0.6 is 0 Å². The smallest absolute Gasteiger partial charge is 0.410 e. The average Bonchev–Trinajstić information content (AvgIpc) is 2.44. The lowest BCUT2D eigenvalue weighted by Crippen LogP contribution is -2.63. The second-order valence-electron chi connectivity index (χ2n) is 8.19. The van der Waals surface area contributed by atoms with Gasteiger partial charge in [-0.3, -0.25) is 4.99 Å². The van der Waals surface area contributed by atoms with Crippen LogP contribution in [0.15, 0.2) is 4.99 Å². The van der Waals surface area contributed by atoms with E-state index in [0.29, 0.717) is 31.5 Å². The van der Waals surface area contributed by atoms with Gasteiger partial charge in [0.05, 0.1) is 11.8 Å². The number of likely N-dealkylation sites (tertiary alicyclic amines) is 1. The van der Waals surface area contributed by atoms with Crippen LogP contribution in [-0.4, -0.2) is 76.0 Å². The number of hydrogen-bond donors (Lipinski definition) is 3. The molecule has 2 aliphatic rings. The van der Waals surface area contributed by atoms with Gasteiger partial charge in [-0.05, 0) is 39.5 Å². The first kappa shape index (κ1) is 21.7. The van der Waals surface area contributed by atoms with E-state index < -0.39 is 15.6 Å². The predicted octanol–water partition coefficient (Wildman–Crippen LogP) is 0.490. The molecular weight excluding hydrogens is 370 g/mol. The summed E-state index contributed by atoms with van der Waals surface area (Å²) in [7, 11) is -1.65. The van der Waals surface area contributed by atoms with Crippen molar-refractivity contribution in [2.24, 2.45) is 10.9 Å². The van der Waals surface area contributed by atoms with E-state index in [2.05, 4.69) is 20.3 Å². The van der Waals surface area contributed by atoms with Crippen LogP contribution in [0.2, 0.25) is 0 Å². The van der Waals surface area contributed by atoms with E-state index in [-0.39, 0.29) is 24.4 Å². The third-order valence-corrected chi connectivity index (χ3v) is 5.93. The van der Waals surface area contributed by atoms with Gasteiger partial charge in [-0.1, -0.05) is 6.42 Å². The van der Waals surface area contributed by atoms with Gasteiger partial charge in [0, 0.05) is 33.2 Å².